The van der Waals surface area contributed by atoms with E-state index in [-0.39, 0.29) is 12.0 Å². The van der Waals surface area contributed by atoms with Gasteiger partial charge < -0.3 is 9.64 Å². The van der Waals surface area contributed by atoms with E-state index in [1.807, 2.05) is 6.92 Å². The molecule has 0 aromatic carbocycles. The van der Waals surface area contributed by atoms with Gasteiger partial charge in [-0.05, 0) is 26.2 Å². The van der Waals surface area contributed by atoms with E-state index >= 15 is 0 Å². The number of ether oxygens (including phenoxy) is 1. The Bertz CT molecular complexity index is 241. The van der Waals surface area contributed by atoms with Gasteiger partial charge in [-0.2, -0.15) is 5.26 Å². The number of amides is 1. The molecular formula is C11H18N2O2. The van der Waals surface area contributed by atoms with Crippen LogP contribution in [0.2, 0.25) is 0 Å². The summed E-state index contributed by atoms with van der Waals surface area (Å²) >= 11 is 0. The van der Waals surface area contributed by atoms with Crippen LogP contribution >= 0.6 is 0 Å². The van der Waals surface area contributed by atoms with Gasteiger partial charge in [-0.15, -0.1) is 0 Å². The second kappa shape index (κ2) is 6.41. The van der Waals surface area contributed by atoms with Crippen molar-refractivity contribution in [2.24, 2.45) is 0 Å². The van der Waals surface area contributed by atoms with Crippen LogP contribution in [0.4, 0.5) is 0 Å². The van der Waals surface area contributed by atoms with Crippen molar-refractivity contribution >= 4 is 5.91 Å². The summed E-state index contributed by atoms with van der Waals surface area (Å²) in [6.07, 6.45) is 3.06. The highest BCUT2D eigenvalue weighted by Gasteiger charge is 2.25. The lowest BCUT2D eigenvalue weighted by Crippen LogP contribution is -2.42. The van der Waals surface area contributed by atoms with Crippen LogP contribution in [0.15, 0.2) is 0 Å². The van der Waals surface area contributed by atoms with Crippen molar-refractivity contribution in [3.05, 3.63) is 0 Å². The fourth-order valence-electron chi connectivity index (χ4n) is 1.75. The van der Waals surface area contributed by atoms with Gasteiger partial charge in [0.2, 0.25) is 0 Å². The minimum absolute atomic E-state index is 0.0486. The van der Waals surface area contributed by atoms with Crippen molar-refractivity contribution < 1.29 is 9.53 Å². The molecule has 0 radical (unpaired) electrons. The number of likely N-dealkylation sites (N-methyl/N-ethyl adjacent to an activating group) is 1. The molecule has 84 valence electrons. The lowest BCUT2D eigenvalue weighted by molar-refractivity contribution is -0.146. The van der Waals surface area contributed by atoms with Crippen molar-refractivity contribution in [3.8, 4) is 6.07 Å². The number of hydrogen-bond acceptors (Lipinski definition) is 3. The zero-order valence-electron chi connectivity index (χ0n) is 9.24. The molecule has 0 N–H and O–H groups in total. The van der Waals surface area contributed by atoms with Crippen molar-refractivity contribution in [2.45, 2.75) is 38.7 Å². The Hall–Kier alpha value is -1.08. The van der Waals surface area contributed by atoms with Crippen LogP contribution in [-0.2, 0) is 9.53 Å². The van der Waals surface area contributed by atoms with E-state index in [1.54, 1.807) is 4.90 Å². The first kappa shape index (κ1) is 12.0. The first-order valence-corrected chi connectivity index (χ1v) is 5.57. The van der Waals surface area contributed by atoms with Crippen LogP contribution in [0.25, 0.3) is 0 Å². The maximum absolute atomic E-state index is 11.9. The quantitative estimate of drug-likeness (QED) is 0.703. The Morgan fingerprint density at radius 3 is 2.93 bits per heavy atom. The van der Waals surface area contributed by atoms with Gasteiger partial charge in [-0.1, -0.05) is 0 Å². The summed E-state index contributed by atoms with van der Waals surface area (Å²) in [4.78, 5) is 13.6. The molecule has 1 rings (SSSR count). The molecule has 1 fully saturated rings. The van der Waals surface area contributed by atoms with E-state index in [1.165, 1.54) is 0 Å². The zero-order chi connectivity index (χ0) is 11.1. The van der Waals surface area contributed by atoms with Gasteiger partial charge in [0.25, 0.3) is 5.91 Å². The van der Waals surface area contributed by atoms with E-state index < -0.39 is 0 Å². The van der Waals surface area contributed by atoms with Crippen molar-refractivity contribution in [1.29, 1.82) is 5.26 Å². The average Bonchev–Trinajstić information content (AvgIpc) is 2.31. The van der Waals surface area contributed by atoms with E-state index in [9.17, 15) is 4.79 Å². The van der Waals surface area contributed by atoms with E-state index in [0.29, 0.717) is 26.1 Å². The zero-order valence-corrected chi connectivity index (χ0v) is 9.24. The molecule has 0 saturated carbocycles. The minimum Gasteiger partial charge on any atom is -0.368 e. The SMILES string of the molecule is CCN(CCC#N)C(=O)C1CCCCO1. The lowest BCUT2D eigenvalue weighted by atomic mass is 10.1. The van der Waals surface area contributed by atoms with Crippen LogP contribution in [-0.4, -0.2) is 36.6 Å². The summed E-state index contributed by atoms with van der Waals surface area (Å²) < 4.78 is 5.43. The molecule has 4 nitrogen and oxygen atoms in total. The van der Waals surface area contributed by atoms with Crippen LogP contribution in [0.1, 0.15) is 32.6 Å². The molecule has 1 aliphatic rings. The van der Waals surface area contributed by atoms with Gasteiger partial charge in [0.15, 0.2) is 0 Å². The largest absolute Gasteiger partial charge is 0.368 e. The molecule has 4 heteroatoms. The van der Waals surface area contributed by atoms with Gasteiger partial charge in [-0.25, -0.2) is 0 Å². The number of hydrogen-bond donors (Lipinski definition) is 0. The summed E-state index contributed by atoms with van der Waals surface area (Å²) in [6, 6.07) is 2.06. The third-order valence-electron chi connectivity index (χ3n) is 2.64. The van der Waals surface area contributed by atoms with E-state index in [0.717, 1.165) is 19.3 Å². The van der Waals surface area contributed by atoms with Crippen LogP contribution in [0, 0.1) is 11.3 Å². The number of nitriles is 1. The predicted molar refractivity (Wildman–Crippen MR) is 56.1 cm³/mol. The predicted octanol–water partition coefficient (Wildman–Crippen LogP) is 1.32. The molecule has 0 bridgehead atoms. The summed E-state index contributed by atoms with van der Waals surface area (Å²) in [5, 5.41) is 8.48. The first-order chi connectivity index (χ1) is 7.29. The maximum atomic E-state index is 11.9. The molecule has 0 aliphatic carbocycles. The molecule has 1 heterocycles. The Balaban J connectivity index is 2.44. The number of rotatable bonds is 4. The lowest BCUT2D eigenvalue weighted by Gasteiger charge is -2.28. The Labute approximate surface area is 90.8 Å². The van der Waals surface area contributed by atoms with Gasteiger partial charge >= 0.3 is 0 Å². The molecule has 0 aromatic rings. The second-order valence-electron chi connectivity index (χ2n) is 3.68. The molecular weight excluding hydrogens is 192 g/mol. The van der Waals surface area contributed by atoms with Gasteiger partial charge in [0, 0.05) is 19.7 Å². The molecule has 1 atom stereocenters. The molecule has 0 spiro atoms. The summed E-state index contributed by atoms with van der Waals surface area (Å²) in [6.45, 7) is 3.79. The van der Waals surface area contributed by atoms with E-state index in [2.05, 4.69) is 6.07 Å². The summed E-state index contributed by atoms with van der Waals surface area (Å²) in [5.74, 6) is 0.0486. The molecule has 0 aromatic heterocycles. The number of carbonyl (C=O) groups excluding carboxylic acids is 1. The fraction of sp³-hybridized carbons (Fsp3) is 0.818. The normalized spacial score (nSPS) is 20.7. The standard InChI is InChI=1S/C11H18N2O2/c1-2-13(8-5-7-12)11(14)10-6-3-4-9-15-10/h10H,2-6,8-9H2,1H3. The Kier molecular flexibility index (Phi) is 5.13. The van der Waals surface area contributed by atoms with Crippen molar-refractivity contribution in [1.82, 2.24) is 4.90 Å². The Morgan fingerprint density at radius 2 is 2.40 bits per heavy atom. The van der Waals surface area contributed by atoms with Crippen LogP contribution < -0.4 is 0 Å². The average molecular weight is 210 g/mol. The fourth-order valence-corrected chi connectivity index (χ4v) is 1.75. The van der Waals surface area contributed by atoms with Gasteiger partial charge in [0.1, 0.15) is 6.10 Å². The topological polar surface area (TPSA) is 53.3 Å². The van der Waals surface area contributed by atoms with Crippen molar-refractivity contribution in [2.75, 3.05) is 19.7 Å². The van der Waals surface area contributed by atoms with Crippen LogP contribution in [0.3, 0.4) is 0 Å². The monoisotopic (exact) mass is 210 g/mol. The third kappa shape index (κ3) is 3.52. The highest BCUT2D eigenvalue weighted by molar-refractivity contribution is 5.81. The smallest absolute Gasteiger partial charge is 0.251 e. The third-order valence-corrected chi connectivity index (χ3v) is 2.64. The minimum atomic E-state index is -0.266. The molecule has 1 unspecified atom stereocenters. The Morgan fingerprint density at radius 1 is 1.60 bits per heavy atom. The van der Waals surface area contributed by atoms with Gasteiger partial charge in [0.05, 0.1) is 12.5 Å². The van der Waals surface area contributed by atoms with Crippen molar-refractivity contribution in [3.63, 3.8) is 0 Å². The number of carbonyl (C=O) groups is 1. The molecule has 1 aliphatic heterocycles. The van der Waals surface area contributed by atoms with Crippen LogP contribution in [0.5, 0.6) is 0 Å². The second-order valence-corrected chi connectivity index (χ2v) is 3.68. The summed E-state index contributed by atoms with van der Waals surface area (Å²) in [5.41, 5.74) is 0. The van der Waals surface area contributed by atoms with E-state index in [4.69, 9.17) is 10.00 Å². The highest BCUT2D eigenvalue weighted by Crippen LogP contribution is 2.15. The first-order valence-electron chi connectivity index (χ1n) is 5.57. The highest BCUT2D eigenvalue weighted by atomic mass is 16.5. The molecule has 1 saturated heterocycles. The molecule has 1 amide bonds. The maximum Gasteiger partial charge on any atom is 0.251 e. The molecule has 15 heavy (non-hydrogen) atoms. The number of nitrogens with zero attached hydrogens (tertiary/aromatic N) is 2. The van der Waals surface area contributed by atoms with Gasteiger partial charge in [-0.3, -0.25) is 4.79 Å². The summed E-state index contributed by atoms with van der Waals surface area (Å²) in [7, 11) is 0.